The van der Waals surface area contributed by atoms with E-state index < -0.39 is 0 Å². The highest BCUT2D eigenvalue weighted by Gasteiger charge is 1.73. The maximum atomic E-state index is 9.93. The Bertz CT molecular complexity index is 75.6. The number of hydrogen-bond acceptors (Lipinski definition) is 1. The predicted molar refractivity (Wildman–Crippen MR) is 25.6 cm³/mol. The molecule has 0 aromatic rings. The summed E-state index contributed by atoms with van der Waals surface area (Å²) in [5.41, 5.74) is 1.53. The molecular formula is C4H5OSi. The molecule has 0 aromatic heterocycles. The van der Waals surface area contributed by atoms with E-state index in [0.29, 0.717) is 0 Å². The Morgan fingerprint density at radius 3 is 2.33 bits per heavy atom. The van der Waals surface area contributed by atoms with Gasteiger partial charge in [-0.25, -0.2) is 0 Å². The highest BCUT2D eigenvalue weighted by atomic mass is 28.1. The topological polar surface area (TPSA) is 17.1 Å². The molecule has 0 aliphatic carbocycles. The van der Waals surface area contributed by atoms with Crippen molar-refractivity contribution in [3.63, 3.8) is 0 Å². The lowest BCUT2D eigenvalue weighted by molar-refractivity contribution is -0.112. The first-order valence-electron chi connectivity index (χ1n) is 1.61. The van der Waals surface area contributed by atoms with Crippen LogP contribution in [0.4, 0.5) is 0 Å². The number of ketones is 1. The number of rotatable bonds is 1. The summed E-state index contributed by atoms with van der Waals surface area (Å²) in [5.74, 6) is 0.0602. The van der Waals surface area contributed by atoms with Gasteiger partial charge in [-0.1, -0.05) is 5.70 Å². The van der Waals surface area contributed by atoms with Gasteiger partial charge in [0.25, 0.3) is 0 Å². The lowest BCUT2D eigenvalue weighted by atomic mass is 10.5. The van der Waals surface area contributed by atoms with Gasteiger partial charge in [-0.15, -0.1) is 0 Å². The van der Waals surface area contributed by atoms with Crippen molar-refractivity contribution in [2.45, 2.75) is 6.92 Å². The monoisotopic (exact) mass is 97.0 g/mol. The SMILES string of the molecule is CC(=O)C=C[Si]. The number of carbonyl (C=O) groups is 1. The molecule has 2 heteroatoms. The van der Waals surface area contributed by atoms with E-state index in [0.717, 1.165) is 0 Å². The van der Waals surface area contributed by atoms with Crippen LogP contribution in [-0.2, 0) is 4.79 Å². The molecule has 0 rings (SSSR count). The smallest absolute Gasteiger partial charge is 0.151 e. The highest BCUT2D eigenvalue weighted by molar-refractivity contribution is 6.18. The van der Waals surface area contributed by atoms with Crippen LogP contribution in [0.5, 0.6) is 0 Å². The van der Waals surface area contributed by atoms with Crippen molar-refractivity contribution >= 4 is 16.0 Å². The minimum Gasteiger partial charge on any atom is -0.295 e. The molecule has 1 nitrogen and oxygen atoms in total. The summed E-state index contributed by atoms with van der Waals surface area (Å²) < 4.78 is 0. The van der Waals surface area contributed by atoms with Crippen LogP contribution in [0.2, 0.25) is 0 Å². The van der Waals surface area contributed by atoms with Crippen molar-refractivity contribution in [1.82, 2.24) is 0 Å². The summed E-state index contributed by atoms with van der Waals surface area (Å²) in [7, 11) is 2.99. The largest absolute Gasteiger partial charge is 0.295 e. The minimum absolute atomic E-state index is 0.0602. The lowest BCUT2D eigenvalue weighted by Gasteiger charge is -1.68. The third-order valence-electron chi connectivity index (χ3n) is 0.318. The molecule has 0 N–H and O–H groups in total. The molecule has 0 bridgehead atoms. The minimum atomic E-state index is 0.0602. The van der Waals surface area contributed by atoms with E-state index in [9.17, 15) is 4.79 Å². The van der Waals surface area contributed by atoms with E-state index in [4.69, 9.17) is 0 Å². The van der Waals surface area contributed by atoms with Gasteiger partial charge in [0, 0.05) is 0 Å². The standard InChI is InChI=1S/C4H5OSi/c1-4(5)2-3-6/h2-3H,1H3. The van der Waals surface area contributed by atoms with E-state index in [2.05, 4.69) is 10.2 Å². The van der Waals surface area contributed by atoms with Crippen molar-refractivity contribution in [2.75, 3.05) is 0 Å². The second-order valence-electron chi connectivity index (χ2n) is 0.944. The molecule has 0 spiro atoms. The molecule has 3 radical (unpaired) electrons. The quantitative estimate of drug-likeness (QED) is 0.339. The van der Waals surface area contributed by atoms with Crippen molar-refractivity contribution in [3.05, 3.63) is 11.8 Å². The van der Waals surface area contributed by atoms with Gasteiger partial charge in [0.15, 0.2) is 5.78 Å². The van der Waals surface area contributed by atoms with Crippen LogP contribution in [0.1, 0.15) is 6.92 Å². The summed E-state index contributed by atoms with van der Waals surface area (Å²) in [6.07, 6.45) is 1.44. The Morgan fingerprint density at radius 2 is 2.33 bits per heavy atom. The third kappa shape index (κ3) is 3.63. The van der Waals surface area contributed by atoms with E-state index in [1.54, 1.807) is 0 Å². The molecule has 0 atom stereocenters. The van der Waals surface area contributed by atoms with Crippen molar-refractivity contribution in [3.8, 4) is 0 Å². The Hall–Kier alpha value is -0.373. The first-order valence-corrected chi connectivity index (χ1v) is 2.19. The molecule has 0 aliphatic heterocycles. The van der Waals surface area contributed by atoms with Gasteiger partial charge < -0.3 is 0 Å². The Balaban J connectivity index is 3.30. The van der Waals surface area contributed by atoms with Gasteiger partial charge in [-0.3, -0.25) is 4.79 Å². The van der Waals surface area contributed by atoms with E-state index in [1.807, 2.05) is 0 Å². The van der Waals surface area contributed by atoms with Crippen LogP contribution in [0.25, 0.3) is 0 Å². The Labute approximate surface area is 40.5 Å². The molecular weight excluding hydrogens is 92.1 g/mol. The van der Waals surface area contributed by atoms with Gasteiger partial charge in [-0.2, -0.15) is 0 Å². The van der Waals surface area contributed by atoms with Gasteiger partial charge in [0.2, 0.25) is 0 Å². The molecule has 0 heterocycles. The summed E-state index contributed by atoms with van der Waals surface area (Å²) in [6.45, 7) is 1.50. The molecule has 0 aromatic carbocycles. The van der Waals surface area contributed by atoms with Gasteiger partial charge in [0.05, 0.1) is 10.2 Å². The van der Waals surface area contributed by atoms with Crippen LogP contribution in [0, 0.1) is 0 Å². The first kappa shape index (κ1) is 5.63. The summed E-state index contributed by atoms with van der Waals surface area (Å²) >= 11 is 0. The summed E-state index contributed by atoms with van der Waals surface area (Å²) in [6, 6.07) is 0. The van der Waals surface area contributed by atoms with Gasteiger partial charge in [-0.05, 0) is 13.0 Å². The second-order valence-corrected chi connectivity index (χ2v) is 1.28. The highest BCUT2D eigenvalue weighted by Crippen LogP contribution is 1.66. The van der Waals surface area contributed by atoms with Crippen molar-refractivity contribution in [2.24, 2.45) is 0 Å². The zero-order valence-electron chi connectivity index (χ0n) is 3.56. The lowest BCUT2D eigenvalue weighted by Crippen LogP contribution is -1.77. The van der Waals surface area contributed by atoms with Crippen molar-refractivity contribution in [1.29, 1.82) is 0 Å². The Kier molecular flexibility index (Phi) is 2.67. The van der Waals surface area contributed by atoms with Gasteiger partial charge >= 0.3 is 0 Å². The molecule has 0 saturated carbocycles. The zero-order chi connectivity index (χ0) is 4.99. The fraction of sp³-hybridized carbons (Fsp3) is 0.250. The maximum absolute atomic E-state index is 9.93. The maximum Gasteiger partial charge on any atom is 0.151 e. The second kappa shape index (κ2) is 2.84. The third-order valence-corrected chi connectivity index (χ3v) is 0.485. The molecule has 0 fully saturated rings. The van der Waals surface area contributed by atoms with E-state index in [1.165, 1.54) is 18.7 Å². The molecule has 0 saturated heterocycles. The van der Waals surface area contributed by atoms with E-state index in [-0.39, 0.29) is 5.78 Å². The predicted octanol–water partition coefficient (Wildman–Crippen LogP) is 0.258. The van der Waals surface area contributed by atoms with Crippen LogP contribution >= 0.6 is 0 Å². The first-order chi connectivity index (χ1) is 2.77. The fourth-order valence-electron chi connectivity index (χ4n) is 0.117. The summed E-state index contributed by atoms with van der Waals surface area (Å²) in [5, 5.41) is 0. The fourth-order valence-corrected chi connectivity index (χ4v) is 0.352. The molecule has 0 amide bonds. The van der Waals surface area contributed by atoms with E-state index >= 15 is 0 Å². The average Bonchev–Trinajstić information content (AvgIpc) is 1.35. The average molecular weight is 97.2 g/mol. The number of hydrogen-bond donors (Lipinski definition) is 0. The molecule has 0 aliphatic rings. The Morgan fingerprint density at radius 1 is 1.83 bits per heavy atom. The molecule has 6 heavy (non-hydrogen) atoms. The van der Waals surface area contributed by atoms with Crippen molar-refractivity contribution < 1.29 is 4.79 Å². The summed E-state index contributed by atoms with van der Waals surface area (Å²) in [4.78, 5) is 9.93. The van der Waals surface area contributed by atoms with Crippen LogP contribution < -0.4 is 0 Å². The van der Waals surface area contributed by atoms with Gasteiger partial charge in [0.1, 0.15) is 0 Å². The van der Waals surface area contributed by atoms with Crippen LogP contribution in [0.15, 0.2) is 11.8 Å². The number of allylic oxidation sites excluding steroid dienone is 1. The van der Waals surface area contributed by atoms with Crippen LogP contribution in [0.3, 0.4) is 0 Å². The molecule has 31 valence electrons. The zero-order valence-corrected chi connectivity index (χ0v) is 4.56. The normalized spacial score (nSPS) is 9.67. The van der Waals surface area contributed by atoms with Crippen LogP contribution in [-0.4, -0.2) is 16.0 Å². The number of carbonyl (C=O) groups excluding carboxylic acids is 1. The molecule has 0 unspecified atom stereocenters.